The highest BCUT2D eigenvalue weighted by Gasteiger charge is 2.23. The number of benzene rings is 2. The van der Waals surface area contributed by atoms with Crippen LogP contribution in [0.25, 0.3) is 0 Å². The number of methoxy groups -OCH3 is 1. The fourth-order valence-electron chi connectivity index (χ4n) is 2.83. The van der Waals surface area contributed by atoms with Crippen LogP contribution in [-0.4, -0.2) is 27.0 Å². The molecular formula is C17H19ClN2O3S. The lowest BCUT2D eigenvalue weighted by Crippen LogP contribution is -2.16. The maximum atomic E-state index is 12.7. The van der Waals surface area contributed by atoms with Gasteiger partial charge in [-0.2, -0.15) is 0 Å². The monoisotopic (exact) mass is 366 g/mol. The van der Waals surface area contributed by atoms with E-state index in [2.05, 4.69) is 16.5 Å². The zero-order chi connectivity index (χ0) is 17.3. The predicted molar refractivity (Wildman–Crippen MR) is 95.0 cm³/mol. The molecular weight excluding hydrogens is 348 g/mol. The quantitative estimate of drug-likeness (QED) is 0.880. The van der Waals surface area contributed by atoms with Crippen molar-refractivity contribution in [3.63, 3.8) is 0 Å². The summed E-state index contributed by atoms with van der Waals surface area (Å²) < 4.78 is 33.1. The van der Waals surface area contributed by atoms with Crippen LogP contribution < -0.4 is 9.46 Å². The maximum absolute atomic E-state index is 12.7. The van der Waals surface area contributed by atoms with Crippen molar-refractivity contribution in [2.75, 3.05) is 18.4 Å². The second-order valence-corrected chi connectivity index (χ2v) is 7.74. The van der Waals surface area contributed by atoms with Crippen LogP contribution in [0.5, 0.6) is 5.75 Å². The van der Waals surface area contributed by atoms with Crippen molar-refractivity contribution >= 4 is 27.3 Å². The Kier molecular flexibility index (Phi) is 4.71. The molecule has 0 aliphatic carbocycles. The Morgan fingerprint density at radius 1 is 1.25 bits per heavy atom. The van der Waals surface area contributed by atoms with Crippen LogP contribution in [0.2, 0.25) is 5.02 Å². The summed E-state index contributed by atoms with van der Waals surface area (Å²) in [6.07, 6.45) is 0. The summed E-state index contributed by atoms with van der Waals surface area (Å²) in [5.74, 6) is 0.440. The summed E-state index contributed by atoms with van der Waals surface area (Å²) >= 11 is 6.05. The van der Waals surface area contributed by atoms with E-state index < -0.39 is 10.0 Å². The smallest absolute Gasteiger partial charge is 0.261 e. The van der Waals surface area contributed by atoms with Crippen molar-refractivity contribution in [1.29, 1.82) is 0 Å². The first-order valence-corrected chi connectivity index (χ1v) is 9.50. The van der Waals surface area contributed by atoms with Gasteiger partial charge in [0.25, 0.3) is 10.0 Å². The highest BCUT2D eigenvalue weighted by atomic mass is 35.5. The number of fused-ring (bicyclic) bond motifs is 1. The predicted octanol–water partition coefficient (Wildman–Crippen LogP) is 3.48. The molecule has 1 aliphatic rings. The second-order valence-electron chi connectivity index (χ2n) is 5.65. The Hall–Kier alpha value is -1.76. The number of ether oxygens (including phenoxy) is 1. The second kappa shape index (κ2) is 6.63. The molecule has 0 bridgehead atoms. The highest BCUT2D eigenvalue weighted by Crippen LogP contribution is 2.32. The Morgan fingerprint density at radius 2 is 2.04 bits per heavy atom. The van der Waals surface area contributed by atoms with E-state index in [-0.39, 0.29) is 9.92 Å². The minimum absolute atomic E-state index is 0.108. The van der Waals surface area contributed by atoms with E-state index in [9.17, 15) is 8.42 Å². The molecule has 2 aromatic carbocycles. The first kappa shape index (κ1) is 17.1. The third-order valence-electron chi connectivity index (χ3n) is 4.17. The largest absolute Gasteiger partial charge is 0.495 e. The first-order valence-electron chi connectivity index (χ1n) is 7.64. The minimum Gasteiger partial charge on any atom is -0.495 e. The molecule has 1 N–H and O–H groups in total. The molecule has 0 fully saturated rings. The Morgan fingerprint density at radius 3 is 2.71 bits per heavy atom. The van der Waals surface area contributed by atoms with Crippen molar-refractivity contribution in [2.24, 2.45) is 0 Å². The summed E-state index contributed by atoms with van der Waals surface area (Å²) in [6.45, 7) is 4.60. The number of hydrogen-bond acceptors (Lipinski definition) is 4. The van der Waals surface area contributed by atoms with E-state index in [0.717, 1.165) is 30.8 Å². The molecule has 0 saturated heterocycles. The molecule has 0 radical (unpaired) electrons. The normalized spacial score (nSPS) is 14.5. The van der Waals surface area contributed by atoms with Gasteiger partial charge in [-0.3, -0.25) is 9.62 Å². The minimum atomic E-state index is -3.72. The van der Waals surface area contributed by atoms with E-state index in [4.69, 9.17) is 16.3 Å². The summed E-state index contributed by atoms with van der Waals surface area (Å²) in [5, 5.41) is 0.260. The zero-order valence-electron chi connectivity index (χ0n) is 13.5. The number of sulfonamides is 1. The molecule has 1 aliphatic heterocycles. The number of nitrogens with zero attached hydrogens (tertiary/aromatic N) is 1. The lowest BCUT2D eigenvalue weighted by Gasteiger charge is -2.13. The topological polar surface area (TPSA) is 58.6 Å². The third kappa shape index (κ3) is 3.22. The van der Waals surface area contributed by atoms with Crippen molar-refractivity contribution in [3.8, 4) is 5.75 Å². The molecule has 0 aromatic heterocycles. The van der Waals surface area contributed by atoms with E-state index >= 15 is 0 Å². The van der Waals surface area contributed by atoms with E-state index in [0.29, 0.717) is 11.4 Å². The lowest BCUT2D eigenvalue weighted by molar-refractivity contribution is 0.301. The van der Waals surface area contributed by atoms with Gasteiger partial charge in [-0.05, 0) is 41.9 Å². The van der Waals surface area contributed by atoms with Gasteiger partial charge >= 0.3 is 0 Å². The Bertz CT molecular complexity index is 868. The van der Waals surface area contributed by atoms with Crippen LogP contribution in [0.15, 0.2) is 41.3 Å². The molecule has 0 amide bonds. The molecule has 0 spiro atoms. The molecule has 1 heterocycles. The van der Waals surface area contributed by atoms with Crippen LogP contribution in [0.4, 0.5) is 5.69 Å². The SMILES string of the molecule is CCN1Cc2cccc(NS(=O)(=O)c3ccc(OC)c(Cl)c3)c2C1. The van der Waals surface area contributed by atoms with Crippen molar-refractivity contribution < 1.29 is 13.2 Å². The number of halogens is 1. The van der Waals surface area contributed by atoms with Gasteiger partial charge in [0.05, 0.1) is 22.7 Å². The summed E-state index contributed by atoms with van der Waals surface area (Å²) in [5.41, 5.74) is 2.81. The van der Waals surface area contributed by atoms with Gasteiger partial charge in [0.2, 0.25) is 0 Å². The van der Waals surface area contributed by atoms with Crippen LogP contribution in [0.3, 0.4) is 0 Å². The van der Waals surface area contributed by atoms with Gasteiger partial charge in [-0.1, -0.05) is 30.7 Å². The van der Waals surface area contributed by atoms with Gasteiger partial charge in [0.1, 0.15) is 5.75 Å². The van der Waals surface area contributed by atoms with E-state index in [1.165, 1.54) is 19.2 Å². The van der Waals surface area contributed by atoms with Crippen LogP contribution >= 0.6 is 11.6 Å². The van der Waals surface area contributed by atoms with Gasteiger partial charge in [0, 0.05) is 13.1 Å². The molecule has 0 saturated carbocycles. The molecule has 3 rings (SSSR count). The molecule has 0 unspecified atom stereocenters. The molecule has 128 valence electrons. The number of anilines is 1. The number of nitrogens with one attached hydrogen (secondary N) is 1. The highest BCUT2D eigenvalue weighted by molar-refractivity contribution is 7.92. The van der Waals surface area contributed by atoms with Crippen LogP contribution in [-0.2, 0) is 23.1 Å². The number of hydrogen-bond donors (Lipinski definition) is 1. The maximum Gasteiger partial charge on any atom is 0.261 e. The molecule has 5 nitrogen and oxygen atoms in total. The van der Waals surface area contributed by atoms with E-state index in [1.807, 2.05) is 12.1 Å². The van der Waals surface area contributed by atoms with Gasteiger partial charge < -0.3 is 4.74 Å². The van der Waals surface area contributed by atoms with Crippen molar-refractivity contribution in [1.82, 2.24) is 4.90 Å². The summed E-state index contributed by atoms with van der Waals surface area (Å²) in [4.78, 5) is 2.36. The summed E-state index contributed by atoms with van der Waals surface area (Å²) in [6, 6.07) is 10.1. The molecule has 0 atom stereocenters. The van der Waals surface area contributed by atoms with Crippen LogP contribution in [0.1, 0.15) is 18.1 Å². The first-order chi connectivity index (χ1) is 11.4. The molecule has 7 heteroatoms. The third-order valence-corrected chi connectivity index (χ3v) is 5.83. The van der Waals surface area contributed by atoms with Crippen molar-refractivity contribution in [2.45, 2.75) is 24.9 Å². The average molecular weight is 367 g/mol. The molecule has 2 aromatic rings. The molecule has 24 heavy (non-hydrogen) atoms. The van der Waals surface area contributed by atoms with Crippen molar-refractivity contribution in [3.05, 3.63) is 52.5 Å². The fourth-order valence-corrected chi connectivity index (χ4v) is 4.27. The van der Waals surface area contributed by atoms with Gasteiger partial charge in [-0.25, -0.2) is 8.42 Å². The Balaban J connectivity index is 1.92. The fraction of sp³-hybridized carbons (Fsp3) is 0.294. The zero-order valence-corrected chi connectivity index (χ0v) is 15.1. The average Bonchev–Trinajstić information content (AvgIpc) is 2.99. The lowest BCUT2D eigenvalue weighted by atomic mass is 10.1. The van der Waals surface area contributed by atoms with Crippen LogP contribution in [0, 0.1) is 0 Å². The number of rotatable bonds is 5. The van der Waals surface area contributed by atoms with Gasteiger partial charge in [-0.15, -0.1) is 0 Å². The van der Waals surface area contributed by atoms with E-state index in [1.54, 1.807) is 12.1 Å². The Labute approximate surface area is 147 Å². The van der Waals surface area contributed by atoms with Gasteiger partial charge in [0.15, 0.2) is 0 Å². The summed E-state index contributed by atoms with van der Waals surface area (Å²) in [7, 11) is -2.23. The standard InChI is InChI=1S/C17H19ClN2O3S/c1-3-20-10-12-5-4-6-16(14(12)11-20)19-24(21,22)13-7-8-17(23-2)15(18)9-13/h4-9,19H,3,10-11H2,1-2H3.